The van der Waals surface area contributed by atoms with Crippen LogP contribution in [0.3, 0.4) is 0 Å². The molecule has 32 heavy (non-hydrogen) atoms. The van der Waals surface area contributed by atoms with Gasteiger partial charge in [-0.3, -0.25) is 19.2 Å². The van der Waals surface area contributed by atoms with Crippen molar-refractivity contribution in [3.63, 3.8) is 0 Å². The number of hydrogen-bond acceptors (Lipinski definition) is 8. The van der Waals surface area contributed by atoms with E-state index in [1.807, 2.05) is 0 Å². The van der Waals surface area contributed by atoms with Gasteiger partial charge in [-0.25, -0.2) is 0 Å². The van der Waals surface area contributed by atoms with Gasteiger partial charge in [0.2, 0.25) is 12.6 Å². The summed E-state index contributed by atoms with van der Waals surface area (Å²) in [4.78, 5) is 44.3. The SMILES string of the molecule is CC(=O)OC(CCC[Si]c1ccc([Si]CCCC(OC(C)=O)OC(C)=O)cc1)OC(C)=O. The third-order valence-electron chi connectivity index (χ3n) is 3.97. The van der Waals surface area contributed by atoms with Crippen LogP contribution in [0.2, 0.25) is 12.1 Å². The minimum Gasteiger partial charge on any atom is -0.425 e. The second-order valence-electron chi connectivity index (χ2n) is 7.01. The Kier molecular flexibility index (Phi) is 13.2. The molecule has 0 N–H and O–H groups in total. The average Bonchev–Trinajstić information content (AvgIpc) is 2.67. The highest BCUT2D eigenvalue weighted by molar-refractivity contribution is 6.55. The minimum atomic E-state index is -0.820. The number of ether oxygens (including phenoxy) is 4. The molecule has 4 radical (unpaired) electrons. The number of hydrogen-bond donors (Lipinski definition) is 0. The van der Waals surface area contributed by atoms with E-state index in [9.17, 15) is 19.2 Å². The molecule has 0 aliphatic rings. The van der Waals surface area contributed by atoms with E-state index in [1.54, 1.807) is 0 Å². The molecule has 0 saturated heterocycles. The van der Waals surface area contributed by atoms with Crippen molar-refractivity contribution < 1.29 is 38.1 Å². The van der Waals surface area contributed by atoms with Crippen molar-refractivity contribution in [1.82, 2.24) is 0 Å². The van der Waals surface area contributed by atoms with Crippen LogP contribution in [0.1, 0.15) is 53.4 Å². The van der Waals surface area contributed by atoms with E-state index in [-0.39, 0.29) is 0 Å². The maximum Gasteiger partial charge on any atom is 0.305 e. The van der Waals surface area contributed by atoms with Crippen molar-refractivity contribution in [3.05, 3.63) is 24.3 Å². The van der Waals surface area contributed by atoms with Crippen molar-refractivity contribution in [2.45, 2.75) is 78.0 Å². The van der Waals surface area contributed by atoms with Crippen molar-refractivity contribution in [1.29, 1.82) is 0 Å². The summed E-state index contributed by atoms with van der Waals surface area (Å²) in [7, 11) is 1.22. The van der Waals surface area contributed by atoms with Crippen molar-refractivity contribution in [2.75, 3.05) is 0 Å². The van der Waals surface area contributed by atoms with Crippen LogP contribution in [0.5, 0.6) is 0 Å². The first-order chi connectivity index (χ1) is 15.2. The van der Waals surface area contributed by atoms with Crippen LogP contribution in [0.4, 0.5) is 0 Å². The fourth-order valence-electron chi connectivity index (χ4n) is 2.73. The lowest BCUT2D eigenvalue weighted by molar-refractivity contribution is -0.187. The highest BCUT2D eigenvalue weighted by Crippen LogP contribution is 2.09. The zero-order valence-corrected chi connectivity index (χ0v) is 21.0. The van der Waals surface area contributed by atoms with E-state index in [4.69, 9.17) is 18.9 Å². The first-order valence-corrected chi connectivity index (χ1v) is 12.8. The van der Waals surface area contributed by atoms with Crippen LogP contribution < -0.4 is 10.4 Å². The van der Waals surface area contributed by atoms with E-state index in [0.717, 1.165) is 24.9 Å². The average molecular weight is 479 g/mol. The maximum absolute atomic E-state index is 11.1. The third kappa shape index (κ3) is 13.8. The number of carbonyl (C=O) groups excluding carboxylic acids is 4. The van der Waals surface area contributed by atoms with Gasteiger partial charge < -0.3 is 18.9 Å². The highest BCUT2D eigenvalue weighted by Gasteiger charge is 2.15. The molecule has 0 aromatic heterocycles. The molecule has 0 aliphatic heterocycles. The summed E-state index contributed by atoms with van der Waals surface area (Å²) in [6.07, 6.45) is 0.873. The van der Waals surface area contributed by atoms with Crippen LogP contribution in [-0.4, -0.2) is 55.5 Å². The monoisotopic (exact) mass is 478 g/mol. The molecular formula is C22H30O8Si2. The van der Waals surface area contributed by atoms with E-state index in [2.05, 4.69) is 24.3 Å². The van der Waals surface area contributed by atoms with Gasteiger partial charge >= 0.3 is 23.9 Å². The number of carbonyl (C=O) groups is 4. The number of benzene rings is 1. The fourth-order valence-corrected chi connectivity index (χ4v) is 4.88. The Bertz CT molecular complexity index is 656. The molecule has 0 fully saturated rings. The van der Waals surface area contributed by atoms with Gasteiger partial charge in [-0.2, -0.15) is 0 Å². The van der Waals surface area contributed by atoms with E-state index in [1.165, 1.54) is 38.1 Å². The molecule has 1 aromatic carbocycles. The molecule has 0 atom stereocenters. The quantitative estimate of drug-likeness (QED) is 0.172. The summed E-state index contributed by atoms with van der Waals surface area (Å²) in [6, 6.07) is 10.3. The summed E-state index contributed by atoms with van der Waals surface area (Å²) >= 11 is 0. The Morgan fingerprint density at radius 2 is 0.906 bits per heavy atom. The summed E-state index contributed by atoms with van der Waals surface area (Å²) in [5.41, 5.74) is 0. The Labute approximate surface area is 194 Å². The molecule has 0 unspecified atom stereocenters. The summed E-state index contributed by atoms with van der Waals surface area (Å²) < 4.78 is 20.0. The van der Waals surface area contributed by atoms with Gasteiger partial charge in [0.25, 0.3) is 0 Å². The van der Waals surface area contributed by atoms with Gasteiger partial charge in [0.1, 0.15) is 0 Å². The molecule has 1 rings (SSSR count). The molecule has 0 heterocycles. The maximum atomic E-state index is 11.1. The Hall–Kier alpha value is -2.47. The molecule has 0 aliphatic carbocycles. The van der Waals surface area contributed by atoms with Crippen LogP contribution in [0.25, 0.3) is 0 Å². The summed E-state index contributed by atoms with van der Waals surface area (Å²) in [5, 5.41) is 2.47. The van der Waals surface area contributed by atoms with Crippen molar-refractivity contribution in [2.24, 2.45) is 0 Å². The number of esters is 4. The first-order valence-electron chi connectivity index (χ1n) is 10.4. The van der Waals surface area contributed by atoms with Crippen LogP contribution in [-0.2, 0) is 38.1 Å². The molecule has 0 bridgehead atoms. The lowest BCUT2D eigenvalue weighted by atomic mass is 10.3. The predicted octanol–water partition coefficient (Wildman–Crippen LogP) is 1.65. The van der Waals surface area contributed by atoms with E-state index >= 15 is 0 Å². The summed E-state index contributed by atoms with van der Waals surface area (Å²) in [6.45, 7) is 5.16. The second kappa shape index (κ2) is 15.4. The van der Waals surface area contributed by atoms with Crippen LogP contribution >= 0.6 is 0 Å². The Balaban J connectivity index is 2.32. The van der Waals surface area contributed by atoms with Gasteiger partial charge in [0.15, 0.2) is 0 Å². The predicted molar refractivity (Wildman–Crippen MR) is 120 cm³/mol. The van der Waals surface area contributed by atoms with Gasteiger partial charge in [-0.1, -0.05) is 46.7 Å². The zero-order chi connectivity index (χ0) is 23.9. The molecule has 10 heteroatoms. The number of rotatable bonds is 14. The molecule has 8 nitrogen and oxygen atoms in total. The van der Waals surface area contributed by atoms with E-state index < -0.39 is 36.5 Å². The van der Waals surface area contributed by atoms with Gasteiger partial charge in [-0.05, 0) is 12.8 Å². The normalized spacial score (nSPS) is 10.7. The highest BCUT2D eigenvalue weighted by atomic mass is 28.2. The zero-order valence-electron chi connectivity index (χ0n) is 19.0. The molecular weight excluding hydrogens is 448 g/mol. The van der Waals surface area contributed by atoms with Gasteiger partial charge in [0, 0.05) is 40.5 Å². The van der Waals surface area contributed by atoms with Gasteiger partial charge in [-0.15, -0.1) is 0 Å². The lowest BCUT2D eigenvalue weighted by Crippen LogP contribution is -2.24. The molecule has 0 saturated carbocycles. The largest absolute Gasteiger partial charge is 0.425 e. The molecule has 0 spiro atoms. The van der Waals surface area contributed by atoms with Crippen LogP contribution in [0.15, 0.2) is 24.3 Å². The lowest BCUT2D eigenvalue weighted by Gasteiger charge is -2.16. The molecule has 0 amide bonds. The molecule has 1 aromatic rings. The standard InChI is InChI=1S/C22H30O8Si2/c1-15(23)27-21(28-16(2)24)7-5-13-31-19-9-11-20(12-10-19)32-14-6-8-22(29-17(3)25)30-18(4)26/h9-12,21-22H,5-8,13-14H2,1-4H3. The molecule has 174 valence electrons. The van der Waals surface area contributed by atoms with Crippen molar-refractivity contribution in [3.8, 4) is 0 Å². The minimum absolute atomic E-state index is 0.469. The second-order valence-corrected chi connectivity index (χ2v) is 9.87. The third-order valence-corrected chi connectivity index (χ3v) is 6.66. The van der Waals surface area contributed by atoms with E-state index in [0.29, 0.717) is 31.9 Å². The Morgan fingerprint density at radius 1 is 0.625 bits per heavy atom. The summed E-state index contributed by atoms with van der Waals surface area (Å²) in [5.74, 6) is -1.88. The van der Waals surface area contributed by atoms with Gasteiger partial charge in [0.05, 0.1) is 19.0 Å². The topological polar surface area (TPSA) is 105 Å². The fraction of sp³-hybridized carbons (Fsp3) is 0.545. The first kappa shape index (κ1) is 27.6. The smallest absolute Gasteiger partial charge is 0.305 e. The van der Waals surface area contributed by atoms with Crippen LogP contribution in [0, 0.1) is 0 Å². The van der Waals surface area contributed by atoms with Crippen molar-refractivity contribution >= 4 is 53.3 Å². The Morgan fingerprint density at radius 3 is 1.16 bits per heavy atom.